The van der Waals surface area contributed by atoms with Crippen LogP contribution in [0.5, 0.6) is 11.5 Å². The molecule has 0 bridgehead atoms. The van der Waals surface area contributed by atoms with Crippen molar-refractivity contribution >= 4 is 46.5 Å². The van der Waals surface area contributed by atoms with Gasteiger partial charge in [0.05, 0.1) is 25.5 Å². The molecule has 1 aliphatic rings. The number of imide groups is 1. The Bertz CT molecular complexity index is 1020. The highest BCUT2D eigenvalue weighted by atomic mass is 35.5. The highest BCUT2D eigenvalue weighted by molar-refractivity contribution is 8.18. The fourth-order valence-corrected chi connectivity index (χ4v) is 3.94. The van der Waals surface area contributed by atoms with Gasteiger partial charge in [-0.25, -0.2) is 0 Å². The first kappa shape index (κ1) is 22.7. The maximum absolute atomic E-state index is 12.5. The molecule has 162 valence electrons. The van der Waals surface area contributed by atoms with Crippen molar-refractivity contribution in [2.45, 2.75) is 6.42 Å². The summed E-state index contributed by atoms with van der Waals surface area (Å²) in [7, 11) is 3.07. The molecular formula is C22H21ClN2O5S. The number of ether oxygens (including phenoxy) is 2. The van der Waals surface area contributed by atoms with E-state index in [0.717, 1.165) is 27.8 Å². The van der Waals surface area contributed by atoms with Gasteiger partial charge >= 0.3 is 0 Å². The molecule has 1 N–H and O–H groups in total. The lowest BCUT2D eigenvalue weighted by molar-refractivity contribution is -0.124. The van der Waals surface area contributed by atoms with Gasteiger partial charge in [-0.15, -0.1) is 0 Å². The number of benzene rings is 2. The largest absolute Gasteiger partial charge is 0.493 e. The molecule has 3 amide bonds. The molecule has 0 atom stereocenters. The Labute approximate surface area is 189 Å². The molecule has 0 aromatic heterocycles. The molecule has 2 aromatic carbocycles. The van der Waals surface area contributed by atoms with Gasteiger partial charge in [0.1, 0.15) is 0 Å². The SMILES string of the molecule is COc1ccc(CC(=O)NCCN2C(=O)S/C(=C\c3ccc(Cl)cc3)C2=O)cc1OC. The third kappa shape index (κ3) is 5.80. The van der Waals surface area contributed by atoms with E-state index < -0.39 is 0 Å². The van der Waals surface area contributed by atoms with Crippen LogP contribution in [0.25, 0.3) is 6.08 Å². The Morgan fingerprint density at radius 2 is 1.81 bits per heavy atom. The van der Waals surface area contributed by atoms with Crippen LogP contribution in [0.2, 0.25) is 5.02 Å². The number of methoxy groups -OCH3 is 2. The third-order valence-corrected chi connectivity index (χ3v) is 5.67. The van der Waals surface area contributed by atoms with E-state index in [1.165, 1.54) is 7.11 Å². The quantitative estimate of drug-likeness (QED) is 0.604. The van der Waals surface area contributed by atoms with Crippen molar-refractivity contribution in [3.63, 3.8) is 0 Å². The fourth-order valence-electron chi connectivity index (χ4n) is 2.95. The molecule has 0 aliphatic carbocycles. The maximum atomic E-state index is 12.5. The van der Waals surface area contributed by atoms with Gasteiger partial charge in [0.25, 0.3) is 11.1 Å². The maximum Gasteiger partial charge on any atom is 0.293 e. The first-order chi connectivity index (χ1) is 14.9. The zero-order valence-electron chi connectivity index (χ0n) is 17.0. The van der Waals surface area contributed by atoms with Crippen molar-refractivity contribution in [3.05, 3.63) is 63.5 Å². The smallest absolute Gasteiger partial charge is 0.293 e. The van der Waals surface area contributed by atoms with Gasteiger partial charge in [0.15, 0.2) is 11.5 Å². The third-order valence-electron chi connectivity index (χ3n) is 4.51. The van der Waals surface area contributed by atoms with Crippen molar-refractivity contribution in [2.24, 2.45) is 0 Å². The van der Waals surface area contributed by atoms with Crippen LogP contribution < -0.4 is 14.8 Å². The van der Waals surface area contributed by atoms with E-state index in [-0.39, 0.29) is 36.6 Å². The van der Waals surface area contributed by atoms with E-state index in [1.807, 2.05) is 0 Å². The molecule has 1 heterocycles. The van der Waals surface area contributed by atoms with Gasteiger partial charge in [0, 0.05) is 18.1 Å². The zero-order valence-corrected chi connectivity index (χ0v) is 18.6. The first-order valence-corrected chi connectivity index (χ1v) is 10.6. The minimum Gasteiger partial charge on any atom is -0.493 e. The Hall–Kier alpha value is -2.97. The highest BCUT2D eigenvalue weighted by Gasteiger charge is 2.34. The van der Waals surface area contributed by atoms with Gasteiger partial charge in [-0.1, -0.05) is 29.8 Å². The lowest BCUT2D eigenvalue weighted by atomic mass is 10.1. The van der Waals surface area contributed by atoms with Crippen molar-refractivity contribution in [1.29, 1.82) is 0 Å². The average molecular weight is 461 g/mol. The summed E-state index contributed by atoms with van der Waals surface area (Å²) in [6.45, 7) is 0.263. The Kier molecular flexibility index (Phi) is 7.59. The van der Waals surface area contributed by atoms with Gasteiger partial charge in [-0.05, 0) is 53.2 Å². The van der Waals surface area contributed by atoms with Crippen molar-refractivity contribution in [1.82, 2.24) is 10.2 Å². The second-order valence-corrected chi connectivity index (χ2v) is 8.03. The number of hydrogen-bond donors (Lipinski definition) is 1. The van der Waals surface area contributed by atoms with Crippen molar-refractivity contribution in [3.8, 4) is 11.5 Å². The Morgan fingerprint density at radius 3 is 2.48 bits per heavy atom. The molecule has 0 spiro atoms. The van der Waals surface area contributed by atoms with Crippen LogP contribution >= 0.6 is 23.4 Å². The molecule has 31 heavy (non-hydrogen) atoms. The monoisotopic (exact) mass is 460 g/mol. The van der Waals surface area contributed by atoms with Crippen LogP contribution in [0.1, 0.15) is 11.1 Å². The molecule has 9 heteroatoms. The second kappa shape index (κ2) is 10.4. The second-order valence-electron chi connectivity index (χ2n) is 6.60. The summed E-state index contributed by atoms with van der Waals surface area (Å²) >= 11 is 6.74. The topological polar surface area (TPSA) is 84.9 Å². The predicted molar refractivity (Wildman–Crippen MR) is 120 cm³/mol. The number of halogens is 1. The number of amides is 3. The number of thioether (sulfide) groups is 1. The minimum atomic E-state index is -0.376. The summed E-state index contributed by atoms with van der Waals surface area (Å²) < 4.78 is 10.4. The van der Waals surface area contributed by atoms with Crippen LogP contribution in [-0.2, 0) is 16.0 Å². The Morgan fingerprint density at radius 1 is 1.10 bits per heavy atom. The molecule has 1 saturated heterocycles. The number of rotatable bonds is 8. The van der Waals surface area contributed by atoms with Crippen LogP contribution in [0.4, 0.5) is 4.79 Å². The summed E-state index contributed by atoms with van der Waals surface area (Å²) in [5.41, 5.74) is 1.53. The molecule has 0 unspecified atom stereocenters. The number of nitrogens with zero attached hydrogens (tertiary/aromatic N) is 1. The van der Waals surface area contributed by atoms with Crippen molar-refractivity contribution in [2.75, 3.05) is 27.3 Å². The molecule has 7 nitrogen and oxygen atoms in total. The van der Waals surface area contributed by atoms with E-state index in [4.69, 9.17) is 21.1 Å². The van der Waals surface area contributed by atoms with Crippen LogP contribution in [0.3, 0.4) is 0 Å². The summed E-state index contributed by atoms with van der Waals surface area (Å²) in [5, 5.41) is 2.97. The molecule has 0 radical (unpaired) electrons. The number of carbonyl (C=O) groups excluding carboxylic acids is 3. The number of carbonyl (C=O) groups is 3. The van der Waals surface area contributed by atoms with E-state index in [9.17, 15) is 14.4 Å². The van der Waals surface area contributed by atoms with E-state index in [0.29, 0.717) is 21.4 Å². The molecule has 3 rings (SSSR count). The number of nitrogens with one attached hydrogen (secondary N) is 1. The Balaban J connectivity index is 1.53. The highest BCUT2D eigenvalue weighted by Crippen LogP contribution is 2.32. The summed E-state index contributed by atoms with van der Waals surface area (Å²) in [5.74, 6) is 0.519. The molecule has 1 fully saturated rings. The molecule has 1 aliphatic heterocycles. The van der Waals surface area contributed by atoms with Crippen molar-refractivity contribution < 1.29 is 23.9 Å². The molecular weight excluding hydrogens is 440 g/mol. The lowest BCUT2D eigenvalue weighted by Crippen LogP contribution is -2.37. The van der Waals surface area contributed by atoms with E-state index in [2.05, 4.69) is 5.32 Å². The van der Waals surface area contributed by atoms with Crippen LogP contribution in [0, 0.1) is 0 Å². The van der Waals surface area contributed by atoms with E-state index >= 15 is 0 Å². The van der Waals surface area contributed by atoms with Gasteiger partial charge in [-0.3, -0.25) is 19.3 Å². The normalized spacial score (nSPS) is 14.8. The van der Waals surface area contributed by atoms with Crippen LogP contribution in [-0.4, -0.2) is 49.3 Å². The zero-order chi connectivity index (χ0) is 22.4. The standard InChI is InChI=1S/C22H21ClN2O5S/c1-29-17-8-5-15(11-18(17)30-2)13-20(26)24-9-10-25-21(27)19(31-22(25)28)12-14-3-6-16(23)7-4-14/h3-8,11-12H,9-10,13H2,1-2H3,(H,24,26)/b19-12-. The van der Waals surface area contributed by atoms with Gasteiger partial charge in [-0.2, -0.15) is 0 Å². The minimum absolute atomic E-state index is 0.0975. The molecule has 0 saturated carbocycles. The van der Waals surface area contributed by atoms with Crippen LogP contribution in [0.15, 0.2) is 47.4 Å². The first-order valence-electron chi connectivity index (χ1n) is 9.40. The summed E-state index contributed by atoms with van der Waals surface area (Å²) in [4.78, 5) is 38.4. The number of hydrogen-bond acceptors (Lipinski definition) is 6. The van der Waals surface area contributed by atoms with Gasteiger partial charge < -0.3 is 14.8 Å². The fraction of sp³-hybridized carbons (Fsp3) is 0.227. The lowest BCUT2D eigenvalue weighted by Gasteiger charge is -2.13. The van der Waals surface area contributed by atoms with Gasteiger partial charge in [0.2, 0.25) is 5.91 Å². The summed E-state index contributed by atoms with van der Waals surface area (Å²) in [6.07, 6.45) is 1.79. The predicted octanol–water partition coefficient (Wildman–Crippen LogP) is 3.75. The average Bonchev–Trinajstić information content (AvgIpc) is 3.02. The molecule has 2 aromatic rings. The van der Waals surface area contributed by atoms with E-state index in [1.54, 1.807) is 55.7 Å². The summed E-state index contributed by atoms with van der Waals surface area (Å²) in [6, 6.07) is 12.2.